The molecule has 0 aliphatic heterocycles. The van der Waals surface area contributed by atoms with E-state index in [1.807, 2.05) is 75.4 Å². The van der Waals surface area contributed by atoms with Gasteiger partial charge in [0, 0.05) is 12.2 Å². The fraction of sp³-hybridized carbons (Fsp3) is 0.286. The Labute approximate surface area is 179 Å². The zero-order valence-electron chi connectivity index (χ0n) is 16.7. The van der Waals surface area contributed by atoms with Gasteiger partial charge in [0.15, 0.2) is 4.34 Å². The number of hydrogen-bond acceptors (Lipinski definition) is 7. The van der Waals surface area contributed by atoms with Crippen LogP contribution in [-0.4, -0.2) is 34.5 Å². The minimum absolute atomic E-state index is 0.0510. The van der Waals surface area contributed by atoms with Crippen LogP contribution < -0.4 is 15.0 Å². The molecule has 3 rings (SSSR count). The van der Waals surface area contributed by atoms with Crippen molar-refractivity contribution in [3.05, 3.63) is 54.6 Å². The van der Waals surface area contributed by atoms with Crippen LogP contribution in [0.4, 0.5) is 16.5 Å². The number of carbonyl (C=O) groups excluding carboxylic acids is 1. The van der Waals surface area contributed by atoms with E-state index >= 15 is 0 Å². The van der Waals surface area contributed by atoms with Gasteiger partial charge in [0.25, 0.3) is 0 Å². The van der Waals surface area contributed by atoms with E-state index in [0.717, 1.165) is 21.5 Å². The summed E-state index contributed by atoms with van der Waals surface area (Å²) in [6.45, 7) is 7.03. The van der Waals surface area contributed by atoms with Gasteiger partial charge in [0.1, 0.15) is 5.75 Å². The summed E-state index contributed by atoms with van der Waals surface area (Å²) in [5.41, 5.74) is 1.74. The summed E-state index contributed by atoms with van der Waals surface area (Å²) in [7, 11) is 0. The number of benzene rings is 2. The number of amides is 1. The van der Waals surface area contributed by atoms with E-state index in [0.29, 0.717) is 18.3 Å². The van der Waals surface area contributed by atoms with E-state index in [1.54, 1.807) is 4.90 Å². The molecule has 1 N–H and O–H groups in total. The highest BCUT2D eigenvalue weighted by molar-refractivity contribution is 8.02. The molecule has 0 bridgehead atoms. The summed E-state index contributed by atoms with van der Waals surface area (Å²) in [4.78, 5) is 14.7. The lowest BCUT2D eigenvalue weighted by Gasteiger charge is -2.23. The van der Waals surface area contributed by atoms with E-state index in [4.69, 9.17) is 4.74 Å². The Morgan fingerprint density at radius 3 is 2.59 bits per heavy atom. The monoisotopic (exact) mass is 428 g/mol. The topological polar surface area (TPSA) is 67.3 Å². The van der Waals surface area contributed by atoms with E-state index in [2.05, 4.69) is 15.5 Å². The first-order chi connectivity index (χ1) is 14.1. The number of carbonyl (C=O) groups is 1. The molecule has 1 aromatic heterocycles. The molecule has 0 aliphatic carbocycles. The average Bonchev–Trinajstić information content (AvgIpc) is 3.17. The molecule has 1 amide bonds. The molecule has 0 aliphatic rings. The molecular weight excluding hydrogens is 404 g/mol. The highest BCUT2D eigenvalue weighted by Crippen LogP contribution is 2.33. The standard InChI is InChI=1S/C21H24N4O2S2/c1-4-25(16-11-7-6-8-12-16)19(26)15(3)28-21-24-23-20(29-21)22-17-13-9-10-14-18(17)27-5-2/h6-15H,4-5H2,1-3H3,(H,22,23)/t15-/m0/s1. The molecule has 6 nitrogen and oxygen atoms in total. The predicted molar refractivity (Wildman–Crippen MR) is 121 cm³/mol. The average molecular weight is 429 g/mol. The van der Waals surface area contributed by atoms with Gasteiger partial charge in [-0.15, -0.1) is 10.2 Å². The second-order valence-corrected chi connectivity index (χ2v) is 8.67. The third kappa shape index (κ3) is 5.48. The van der Waals surface area contributed by atoms with Crippen molar-refractivity contribution in [3.63, 3.8) is 0 Å². The molecule has 29 heavy (non-hydrogen) atoms. The number of para-hydroxylation sites is 3. The van der Waals surface area contributed by atoms with Gasteiger partial charge in [-0.25, -0.2) is 0 Å². The van der Waals surface area contributed by atoms with Gasteiger partial charge in [0.2, 0.25) is 11.0 Å². The molecule has 0 saturated carbocycles. The van der Waals surface area contributed by atoms with Crippen LogP contribution in [0.2, 0.25) is 0 Å². The predicted octanol–water partition coefficient (Wildman–Crippen LogP) is 5.21. The summed E-state index contributed by atoms with van der Waals surface area (Å²) in [5.74, 6) is 0.819. The fourth-order valence-corrected chi connectivity index (χ4v) is 4.74. The lowest BCUT2D eigenvalue weighted by molar-refractivity contribution is -0.117. The highest BCUT2D eigenvalue weighted by atomic mass is 32.2. The summed E-state index contributed by atoms with van der Waals surface area (Å²) in [5, 5.41) is 12.1. The van der Waals surface area contributed by atoms with Gasteiger partial charge >= 0.3 is 0 Å². The number of hydrogen-bond donors (Lipinski definition) is 1. The Bertz CT molecular complexity index is 933. The van der Waals surface area contributed by atoms with Crippen LogP contribution in [0.1, 0.15) is 20.8 Å². The molecule has 3 aromatic rings. The van der Waals surface area contributed by atoms with Crippen molar-refractivity contribution >= 4 is 45.5 Å². The second kappa shape index (κ2) is 10.3. The Morgan fingerprint density at radius 1 is 1.14 bits per heavy atom. The first-order valence-corrected chi connectivity index (χ1v) is 11.2. The number of rotatable bonds is 9. The Hall–Kier alpha value is -2.58. The number of ether oxygens (including phenoxy) is 1. The van der Waals surface area contributed by atoms with Crippen LogP contribution in [0.15, 0.2) is 58.9 Å². The third-order valence-corrected chi connectivity index (χ3v) is 6.12. The maximum atomic E-state index is 12.9. The molecule has 1 heterocycles. The van der Waals surface area contributed by atoms with Gasteiger partial charge in [-0.3, -0.25) is 4.79 Å². The third-order valence-electron chi connectivity index (χ3n) is 4.11. The minimum Gasteiger partial charge on any atom is -0.492 e. The van der Waals surface area contributed by atoms with Crippen molar-refractivity contribution in [2.75, 3.05) is 23.4 Å². The maximum Gasteiger partial charge on any atom is 0.240 e. The maximum absolute atomic E-state index is 12.9. The van der Waals surface area contributed by atoms with Crippen LogP contribution in [0.5, 0.6) is 5.75 Å². The fourth-order valence-electron chi connectivity index (χ4n) is 2.77. The SMILES string of the molecule is CCOc1ccccc1Nc1nnc(S[C@@H](C)C(=O)N(CC)c2ccccc2)s1. The summed E-state index contributed by atoms with van der Waals surface area (Å²) < 4.78 is 6.37. The summed E-state index contributed by atoms with van der Waals surface area (Å²) >= 11 is 2.84. The van der Waals surface area contributed by atoms with E-state index < -0.39 is 0 Å². The highest BCUT2D eigenvalue weighted by Gasteiger charge is 2.23. The van der Waals surface area contributed by atoms with Crippen molar-refractivity contribution < 1.29 is 9.53 Å². The Morgan fingerprint density at radius 2 is 1.86 bits per heavy atom. The molecule has 152 valence electrons. The number of nitrogens with one attached hydrogen (secondary N) is 1. The quantitative estimate of drug-likeness (QED) is 0.472. The zero-order chi connectivity index (χ0) is 20.6. The second-order valence-electron chi connectivity index (χ2n) is 6.11. The Kier molecular flexibility index (Phi) is 7.48. The van der Waals surface area contributed by atoms with Crippen molar-refractivity contribution in [1.29, 1.82) is 0 Å². The zero-order valence-corrected chi connectivity index (χ0v) is 18.3. The normalized spacial score (nSPS) is 11.7. The van der Waals surface area contributed by atoms with Gasteiger partial charge in [-0.1, -0.05) is 53.4 Å². The van der Waals surface area contributed by atoms with Gasteiger partial charge < -0.3 is 15.0 Å². The molecule has 0 spiro atoms. The summed E-state index contributed by atoms with van der Waals surface area (Å²) in [6, 6.07) is 17.4. The number of nitrogens with zero attached hydrogens (tertiary/aromatic N) is 3. The van der Waals surface area contributed by atoms with E-state index in [9.17, 15) is 4.79 Å². The number of aromatic nitrogens is 2. The molecule has 1 atom stereocenters. The molecule has 0 radical (unpaired) electrons. The molecule has 2 aromatic carbocycles. The van der Waals surface area contributed by atoms with Crippen LogP contribution in [0.3, 0.4) is 0 Å². The van der Waals surface area contributed by atoms with Gasteiger partial charge in [-0.05, 0) is 45.0 Å². The smallest absolute Gasteiger partial charge is 0.240 e. The lowest BCUT2D eigenvalue weighted by Crippen LogP contribution is -2.36. The molecule has 0 unspecified atom stereocenters. The first kappa shape index (κ1) is 21.1. The first-order valence-electron chi connectivity index (χ1n) is 9.47. The van der Waals surface area contributed by atoms with E-state index in [-0.39, 0.29) is 11.2 Å². The van der Waals surface area contributed by atoms with Gasteiger partial charge in [0.05, 0.1) is 17.5 Å². The molecule has 0 fully saturated rings. The van der Waals surface area contributed by atoms with Crippen LogP contribution in [-0.2, 0) is 4.79 Å². The largest absolute Gasteiger partial charge is 0.492 e. The van der Waals surface area contributed by atoms with Crippen molar-refractivity contribution in [3.8, 4) is 5.75 Å². The Balaban J connectivity index is 1.66. The minimum atomic E-state index is -0.272. The van der Waals surface area contributed by atoms with Crippen LogP contribution >= 0.6 is 23.1 Å². The molecule has 8 heteroatoms. The number of thioether (sulfide) groups is 1. The number of anilines is 3. The lowest BCUT2D eigenvalue weighted by atomic mass is 10.2. The molecule has 0 saturated heterocycles. The van der Waals surface area contributed by atoms with Crippen molar-refractivity contribution in [1.82, 2.24) is 10.2 Å². The molecular formula is C21H24N4O2S2. The summed E-state index contributed by atoms with van der Waals surface area (Å²) in [6.07, 6.45) is 0. The van der Waals surface area contributed by atoms with Gasteiger partial charge in [-0.2, -0.15) is 0 Å². The van der Waals surface area contributed by atoms with Crippen molar-refractivity contribution in [2.24, 2.45) is 0 Å². The van der Waals surface area contributed by atoms with Crippen molar-refractivity contribution in [2.45, 2.75) is 30.4 Å². The van der Waals surface area contributed by atoms with E-state index in [1.165, 1.54) is 23.1 Å². The van der Waals surface area contributed by atoms with Crippen LogP contribution in [0, 0.1) is 0 Å². The van der Waals surface area contributed by atoms with Crippen LogP contribution in [0.25, 0.3) is 0 Å².